The van der Waals surface area contributed by atoms with Crippen molar-refractivity contribution in [1.29, 1.82) is 0 Å². The molecule has 0 bridgehead atoms. The van der Waals surface area contributed by atoms with E-state index in [-0.39, 0.29) is 50.5 Å². The van der Waals surface area contributed by atoms with Gasteiger partial charge in [-0.05, 0) is 19.9 Å². The Bertz CT molecular complexity index is 899. The minimum Gasteiger partial charge on any atom is -0.630 e. The molecule has 2 aliphatic heterocycles. The van der Waals surface area contributed by atoms with Crippen molar-refractivity contribution < 1.29 is 46.9 Å². The Kier molecular flexibility index (Phi) is 9.98. The highest BCUT2D eigenvalue weighted by molar-refractivity contribution is 7.60. The fraction of sp³-hybridized carbons (Fsp3) is 0.667. The average molecular weight is 577 g/mol. The van der Waals surface area contributed by atoms with Crippen molar-refractivity contribution in [3.05, 3.63) is 35.4 Å². The molecule has 2 aliphatic rings. The van der Waals surface area contributed by atoms with Crippen LogP contribution in [0, 0.1) is 10.8 Å². The van der Waals surface area contributed by atoms with E-state index in [2.05, 4.69) is 10.6 Å². The second kappa shape index (κ2) is 12.3. The lowest BCUT2D eigenvalue weighted by Gasteiger charge is -2.42. The number of rotatable bonds is 8. The Labute approximate surface area is 224 Å². The molecule has 2 atom stereocenters. The van der Waals surface area contributed by atoms with Crippen LogP contribution in [-0.2, 0) is 27.6 Å². The first kappa shape index (κ1) is 30.9. The number of benzene rings is 1. The molecular weight excluding hydrogens is 538 g/mol. The molecule has 2 heterocycles. The molecule has 0 saturated carbocycles. The summed E-state index contributed by atoms with van der Waals surface area (Å²) in [6.45, 7) is 11.7. The first-order valence-corrected chi connectivity index (χ1v) is 15.7. The van der Waals surface area contributed by atoms with E-state index < -0.39 is 39.6 Å². The van der Waals surface area contributed by atoms with Gasteiger partial charge < -0.3 is 19.3 Å². The summed E-state index contributed by atoms with van der Waals surface area (Å²) in [5.41, 5.74) is -0.111. The van der Waals surface area contributed by atoms with Gasteiger partial charge in [-0.1, -0.05) is 45.9 Å². The summed E-state index contributed by atoms with van der Waals surface area (Å²) in [6.07, 6.45) is -1.63. The number of hydrogen-bond acceptors (Lipinski definition) is 10. The van der Waals surface area contributed by atoms with Crippen LogP contribution < -0.4 is 20.4 Å². The van der Waals surface area contributed by atoms with Gasteiger partial charge in [0.1, 0.15) is 26.4 Å². The Morgan fingerprint density at radius 1 is 0.816 bits per heavy atom. The predicted molar refractivity (Wildman–Crippen MR) is 137 cm³/mol. The lowest BCUT2D eigenvalue weighted by molar-refractivity contribution is -0.238. The maximum absolute atomic E-state index is 13.8. The molecule has 214 valence electrons. The smallest absolute Gasteiger partial charge is 0.410 e. The molecule has 2 unspecified atom stereocenters. The lowest BCUT2D eigenvalue weighted by Crippen LogP contribution is -2.43. The minimum atomic E-state index is -3.91. The van der Waals surface area contributed by atoms with Gasteiger partial charge in [0.2, 0.25) is 11.6 Å². The number of ether oxygens (including phenoxy) is 2. The first-order valence-electron chi connectivity index (χ1n) is 12.5. The molecule has 0 aromatic heterocycles. The number of alkyl carbamates (subject to hydrolysis) is 2. The highest BCUT2D eigenvalue weighted by atomic mass is 31.2. The largest absolute Gasteiger partial charge is 0.630 e. The van der Waals surface area contributed by atoms with E-state index in [1.807, 2.05) is 27.7 Å². The molecule has 0 aliphatic carbocycles. The highest BCUT2D eigenvalue weighted by Crippen LogP contribution is 2.68. The quantitative estimate of drug-likeness (QED) is 0.438. The van der Waals surface area contributed by atoms with Crippen LogP contribution in [0.4, 0.5) is 9.59 Å². The molecule has 0 spiro atoms. The Morgan fingerprint density at radius 2 is 1.16 bits per heavy atom. The van der Waals surface area contributed by atoms with Crippen LogP contribution in [0.2, 0.25) is 0 Å². The summed E-state index contributed by atoms with van der Waals surface area (Å²) >= 11 is 0. The molecule has 2 saturated heterocycles. The SMILES string of the molecule is CCOC(=O)NC(c1cccc(C(NC(=O)OCC)[P+]2([O-])OCC(C)(C)CO2)c1)[P+]1([O-])OCC(C)(C)CO1. The number of carbonyl (C=O) groups excluding carboxylic acids is 2. The maximum Gasteiger partial charge on any atom is 0.410 e. The normalized spacial score (nSPS) is 22.9. The zero-order chi connectivity index (χ0) is 28.2. The van der Waals surface area contributed by atoms with Crippen molar-refractivity contribution in [1.82, 2.24) is 10.6 Å². The Hall–Kier alpha value is -1.62. The summed E-state index contributed by atoms with van der Waals surface area (Å²) in [5, 5.41) is 5.16. The monoisotopic (exact) mass is 576 g/mol. The summed E-state index contributed by atoms with van der Waals surface area (Å²) in [6, 6.07) is 6.35. The van der Waals surface area contributed by atoms with Crippen molar-refractivity contribution in [2.45, 2.75) is 53.1 Å². The number of hydrogen-bond donors (Lipinski definition) is 2. The van der Waals surface area contributed by atoms with Gasteiger partial charge in [0, 0.05) is 22.0 Å². The third kappa shape index (κ3) is 7.73. The fourth-order valence-electron chi connectivity index (χ4n) is 3.67. The Morgan fingerprint density at radius 3 is 1.47 bits per heavy atom. The second-order valence-corrected chi connectivity index (χ2v) is 14.9. The minimum absolute atomic E-state index is 0.0946. The zero-order valence-electron chi connectivity index (χ0n) is 22.7. The molecule has 12 nitrogen and oxygen atoms in total. The van der Waals surface area contributed by atoms with Gasteiger partial charge in [-0.15, -0.1) is 0 Å². The number of amides is 2. The lowest BCUT2D eigenvalue weighted by atomic mass is 9.97. The zero-order valence-corrected chi connectivity index (χ0v) is 24.5. The van der Waals surface area contributed by atoms with Gasteiger partial charge in [-0.25, -0.2) is 27.7 Å². The topological polar surface area (TPSA) is 160 Å². The molecule has 14 heteroatoms. The van der Waals surface area contributed by atoms with Crippen LogP contribution in [0.15, 0.2) is 24.3 Å². The number of nitrogens with one attached hydrogen (secondary N) is 2. The fourth-order valence-corrected chi connectivity index (χ4v) is 8.11. The van der Waals surface area contributed by atoms with Crippen molar-refractivity contribution in [3.8, 4) is 0 Å². The van der Waals surface area contributed by atoms with E-state index in [0.29, 0.717) is 11.1 Å². The molecule has 0 radical (unpaired) electrons. The van der Waals surface area contributed by atoms with Gasteiger partial charge in [0.05, 0.1) is 13.2 Å². The van der Waals surface area contributed by atoms with Crippen LogP contribution in [0.5, 0.6) is 0 Å². The molecule has 2 N–H and O–H groups in total. The molecule has 38 heavy (non-hydrogen) atoms. The van der Waals surface area contributed by atoms with E-state index in [1.165, 1.54) is 6.07 Å². The average Bonchev–Trinajstić information content (AvgIpc) is 2.85. The van der Waals surface area contributed by atoms with E-state index >= 15 is 0 Å². The standard InChI is InChI=1S/C24H38N2O10P2/c1-7-31-21(27)25-19(37(29)33-13-23(3,4)14-34-37)17-10-9-11-18(12-17)20(26-22(28)32-8-2)38(30)35-15-24(5,6)16-36-38/h9-12,19-20H,7-8,13-16H2,1-6H3,(H,25,27)(H,26,28). The van der Waals surface area contributed by atoms with E-state index in [0.717, 1.165) is 0 Å². The van der Waals surface area contributed by atoms with Gasteiger partial charge in [0.15, 0.2) is 0 Å². The summed E-state index contributed by atoms with van der Waals surface area (Å²) in [5.74, 6) is -2.48. The van der Waals surface area contributed by atoms with E-state index in [1.54, 1.807) is 32.0 Å². The van der Waals surface area contributed by atoms with Gasteiger partial charge in [-0.3, -0.25) is 10.6 Å². The Balaban J connectivity index is 2.00. The second-order valence-electron chi connectivity index (χ2n) is 10.7. The molecular formula is C24H38N2O10P2. The molecule has 2 fully saturated rings. The van der Waals surface area contributed by atoms with Crippen molar-refractivity contribution in [3.63, 3.8) is 0 Å². The molecule has 1 aromatic rings. The highest BCUT2D eigenvalue weighted by Gasteiger charge is 2.52. The van der Waals surface area contributed by atoms with Crippen LogP contribution in [-0.4, -0.2) is 51.8 Å². The van der Waals surface area contributed by atoms with Crippen LogP contribution in [0.1, 0.15) is 64.2 Å². The summed E-state index contributed by atoms with van der Waals surface area (Å²) in [4.78, 5) is 52.5. The maximum atomic E-state index is 13.8. The third-order valence-corrected chi connectivity index (χ3v) is 9.85. The molecule has 3 rings (SSSR count). The van der Waals surface area contributed by atoms with Crippen molar-refractivity contribution >= 4 is 28.1 Å². The van der Waals surface area contributed by atoms with Gasteiger partial charge >= 0.3 is 12.2 Å². The first-order chi connectivity index (χ1) is 17.7. The van der Waals surface area contributed by atoms with E-state index in [9.17, 15) is 19.4 Å². The van der Waals surface area contributed by atoms with Gasteiger partial charge in [0.25, 0.3) is 15.9 Å². The summed E-state index contributed by atoms with van der Waals surface area (Å²) < 4.78 is 32.8. The number of carbonyl (C=O) groups is 2. The third-order valence-electron chi connectivity index (χ3n) is 5.78. The predicted octanol–water partition coefficient (Wildman–Crippen LogP) is 3.57. The van der Waals surface area contributed by atoms with Crippen LogP contribution in [0.25, 0.3) is 0 Å². The molecule has 1 aromatic carbocycles. The molecule has 2 amide bonds. The van der Waals surface area contributed by atoms with E-state index in [4.69, 9.17) is 27.6 Å². The van der Waals surface area contributed by atoms with Crippen LogP contribution >= 0.6 is 15.9 Å². The summed E-state index contributed by atoms with van der Waals surface area (Å²) in [7, 11) is -7.83. The van der Waals surface area contributed by atoms with Crippen molar-refractivity contribution in [2.75, 3.05) is 39.6 Å². The van der Waals surface area contributed by atoms with Gasteiger partial charge in [-0.2, -0.15) is 0 Å². The van der Waals surface area contributed by atoms with Crippen LogP contribution in [0.3, 0.4) is 0 Å². The van der Waals surface area contributed by atoms with Crippen molar-refractivity contribution in [2.24, 2.45) is 10.8 Å².